The molecule has 1 N–H and O–H groups in total. The summed E-state index contributed by atoms with van der Waals surface area (Å²) in [5.74, 6) is 0.991. The van der Waals surface area contributed by atoms with Crippen LogP contribution >= 0.6 is 0 Å². The molecule has 0 amide bonds. The van der Waals surface area contributed by atoms with Crippen LogP contribution in [0.25, 0.3) is 22.2 Å². The first-order chi connectivity index (χ1) is 8.24. The fourth-order valence-corrected chi connectivity index (χ4v) is 1.85. The average molecular weight is 226 g/mol. The lowest BCUT2D eigenvalue weighted by Crippen LogP contribution is -1.94. The van der Waals surface area contributed by atoms with Crippen molar-refractivity contribution in [3.63, 3.8) is 0 Å². The van der Waals surface area contributed by atoms with Crippen molar-refractivity contribution in [2.45, 2.75) is 0 Å². The lowest BCUT2D eigenvalue weighted by atomic mass is 10.1. The summed E-state index contributed by atoms with van der Waals surface area (Å²) in [4.78, 5) is 0. The first-order valence-corrected chi connectivity index (χ1v) is 5.19. The fourth-order valence-electron chi connectivity index (χ4n) is 1.85. The zero-order valence-electron chi connectivity index (χ0n) is 9.20. The van der Waals surface area contributed by atoms with Crippen LogP contribution in [0.4, 0.5) is 0 Å². The second-order valence-corrected chi connectivity index (χ2v) is 3.87. The summed E-state index contributed by atoms with van der Waals surface area (Å²) in [7, 11) is 1.80. The van der Waals surface area contributed by atoms with Crippen molar-refractivity contribution >= 4 is 10.8 Å². The van der Waals surface area contributed by atoms with E-state index in [1.54, 1.807) is 23.9 Å². The second kappa shape index (κ2) is 3.55. The summed E-state index contributed by atoms with van der Waals surface area (Å²) >= 11 is 0. The number of tetrazole rings is 1. The van der Waals surface area contributed by atoms with Crippen LogP contribution < -0.4 is 0 Å². The average Bonchev–Trinajstić information content (AvgIpc) is 2.75. The second-order valence-electron chi connectivity index (χ2n) is 3.87. The Balaban J connectivity index is 2.20. The number of benzene rings is 2. The number of rotatable bonds is 1. The van der Waals surface area contributed by atoms with Gasteiger partial charge in [0.2, 0.25) is 0 Å². The lowest BCUT2D eigenvalue weighted by Gasteiger charge is -2.02. The Hall–Kier alpha value is -2.43. The Morgan fingerprint density at radius 2 is 1.82 bits per heavy atom. The van der Waals surface area contributed by atoms with Crippen LogP contribution in [-0.4, -0.2) is 25.3 Å². The molecular formula is C12H10N4O. The fraction of sp³-hybridized carbons (Fsp3) is 0.0833. The molecule has 0 aliphatic heterocycles. The standard InChI is InChI=1S/C12H10N4O/c1-16-12(13-14-15-16)10-3-2-9-7-11(17)5-4-8(9)6-10/h2-7,17H,1H3. The number of aromatic hydroxyl groups is 1. The van der Waals surface area contributed by atoms with Gasteiger partial charge in [-0.25, -0.2) is 4.68 Å². The molecule has 0 radical (unpaired) electrons. The number of nitrogens with zero attached hydrogens (tertiary/aromatic N) is 4. The molecule has 2 aromatic carbocycles. The molecule has 1 heterocycles. The number of hydrogen-bond donors (Lipinski definition) is 1. The van der Waals surface area contributed by atoms with E-state index < -0.39 is 0 Å². The maximum absolute atomic E-state index is 9.39. The molecule has 3 aromatic rings. The molecule has 1 aromatic heterocycles. The Morgan fingerprint density at radius 3 is 2.59 bits per heavy atom. The molecule has 84 valence electrons. The van der Waals surface area contributed by atoms with Gasteiger partial charge < -0.3 is 5.11 Å². The minimum absolute atomic E-state index is 0.269. The summed E-state index contributed by atoms with van der Waals surface area (Å²) in [6, 6.07) is 11.2. The number of fused-ring (bicyclic) bond motifs is 1. The molecule has 0 unspecified atom stereocenters. The van der Waals surface area contributed by atoms with Crippen LogP contribution in [0.2, 0.25) is 0 Å². The van der Waals surface area contributed by atoms with Crippen molar-refractivity contribution in [3.05, 3.63) is 36.4 Å². The van der Waals surface area contributed by atoms with Crippen LogP contribution in [0.1, 0.15) is 0 Å². The largest absolute Gasteiger partial charge is 0.508 e. The predicted octanol–water partition coefficient (Wildman–Crippen LogP) is 1.74. The van der Waals surface area contributed by atoms with E-state index in [-0.39, 0.29) is 5.75 Å². The molecule has 0 spiro atoms. The van der Waals surface area contributed by atoms with Crippen LogP contribution in [0, 0.1) is 0 Å². The number of aromatic nitrogens is 4. The van der Waals surface area contributed by atoms with E-state index in [0.29, 0.717) is 0 Å². The topological polar surface area (TPSA) is 63.8 Å². The van der Waals surface area contributed by atoms with Gasteiger partial charge in [0, 0.05) is 12.6 Å². The van der Waals surface area contributed by atoms with Gasteiger partial charge >= 0.3 is 0 Å². The van der Waals surface area contributed by atoms with Gasteiger partial charge in [-0.2, -0.15) is 0 Å². The molecule has 0 saturated carbocycles. The zero-order chi connectivity index (χ0) is 11.8. The van der Waals surface area contributed by atoms with E-state index in [9.17, 15) is 5.11 Å². The summed E-state index contributed by atoms with van der Waals surface area (Å²) in [5, 5.41) is 22.8. The van der Waals surface area contributed by atoms with E-state index >= 15 is 0 Å². The smallest absolute Gasteiger partial charge is 0.181 e. The Bertz CT molecular complexity index is 690. The molecular weight excluding hydrogens is 216 g/mol. The molecule has 0 atom stereocenters. The molecule has 0 aliphatic carbocycles. The van der Waals surface area contributed by atoms with Crippen molar-refractivity contribution in [3.8, 4) is 17.1 Å². The molecule has 0 saturated heterocycles. The van der Waals surface area contributed by atoms with Crippen molar-refractivity contribution in [1.82, 2.24) is 20.2 Å². The van der Waals surface area contributed by atoms with E-state index in [1.165, 1.54) is 0 Å². The maximum atomic E-state index is 9.39. The molecule has 0 bridgehead atoms. The van der Waals surface area contributed by atoms with Crippen LogP contribution in [0.15, 0.2) is 36.4 Å². The van der Waals surface area contributed by atoms with Crippen molar-refractivity contribution in [2.24, 2.45) is 7.05 Å². The summed E-state index contributed by atoms with van der Waals surface area (Å²) in [5.41, 5.74) is 0.954. The number of phenols is 1. The van der Waals surface area contributed by atoms with E-state index in [1.807, 2.05) is 24.3 Å². The Kier molecular flexibility index (Phi) is 2.04. The van der Waals surface area contributed by atoms with E-state index in [2.05, 4.69) is 15.5 Å². The van der Waals surface area contributed by atoms with Gasteiger partial charge in [-0.15, -0.1) is 5.10 Å². The highest BCUT2D eigenvalue weighted by Crippen LogP contribution is 2.24. The number of hydrogen-bond acceptors (Lipinski definition) is 4. The SMILES string of the molecule is Cn1nnnc1-c1ccc2cc(O)ccc2c1. The molecule has 0 aliphatic rings. The van der Waals surface area contributed by atoms with Crippen molar-refractivity contribution < 1.29 is 5.11 Å². The summed E-state index contributed by atoms with van der Waals surface area (Å²) < 4.78 is 1.63. The van der Waals surface area contributed by atoms with Gasteiger partial charge in [-0.1, -0.05) is 18.2 Å². The summed E-state index contributed by atoms with van der Waals surface area (Å²) in [6.45, 7) is 0. The highest BCUT2D eigenvalue weighted by molar-refractivity contribution is 5.87. The normalized spacial score (nSPS) is 10.9. The molecule has 17 heavy (non-hydrogen) atoms. The highest BCUT2D eigenvalue weighted by atomic mass is 16.3. The number of aryl methyl sites for hydroxylation is 1. The first-order valence-electron chi connectivity index (χ1n) is 5.19. The molecule has 5 nitrogen and oxygen atoms in total. The third-order valence-corrected chi connectivity index (χ3v) is 2.70. The van der Waals surface area contributed by atoms with Crippen LogP contribution in [0.3, 0.4) is 0 Å². The van der Waals surface area contributed by atoms with E-state index in [4.69, 9.17) is 0 Å². The summed E-state index contributed by atoms with van der Waals surface area (Å²) in [6.07, 6.45) is 0. The molecule has 3 rings (SSSR count). The monoisotopic (exact) mass is 226 g/mol. The Labute approximate surface area is 97.3 Å². The highest BCUT2D eigenvalue weighted by Gasteiger charge is 2.06. The van der Waals surface area contributed by atoms with Crippen LogP contribution in [0.5, 0.6) is 5.75 Å². The minimum atomic E-state index is 0.269. The lowest BCUT2D eigenvalue weighted by molar-refractivity contribution is 0.476. The minimum Gasteiger partial charge on any atom is -0.508 e. The van der Waals surface area contributed by atoms with E-state index in [0.717, 1.165) is 22.2 Å². The zero-order valence-corrected chi connectivity index (χ0v) is 9.20. The Morgan fingerprint density at radius 1 is 1.06 bits per heavy atom. The van der Waals surface area contributed by atoms with Gasteiger partial charge in [0.1, 0.15) is 5.75 Å². The predicted molar refractivity (Wildman–Crippen MR) is 63.4 cm³/mol. The third-order valence-electron chi connectivity index (χ3n) is 2.70. The first kappa shape index (κ1) is 9.77. The van der Waals surface area contributed by atoms with Gasteiger partial charge in [-0.3, -0.25) is 0 Å². The van der Waals surface area contributed by atoms with Gasteiger partial charge in [-0.05, 0) is 39.4 Å². The number of phenolic OH excluding ortho intramolecular Hbond substituents is 1. The van der Waals surface area contributed by atoms with Crippen LogP contribution in [-0.2, 0) is 7.05 Å². The third kappa shape index (κ3) is 1.61. The van der Waals surface area contributed by atoms with Crippen molar-refractivity contribution in [2.75, 3.05) is 0 Å². The molecule has 0 fully saturated rings. The van der Waals surface area contributed by atoms with Gasteiger partial charge in [0.05, 0.1) is 0 Å². The van der Waals surface area contributed by atoms with Crippen molar-refractivity contribution in [1.29, 1.82) is 0 Å². The van der Waals surface area contributed by atoms with Gasteiger partial charge in [0.25, 0.3) is 0 Å². The molecule has 5 heteroatoms. The maximum Gasteiger partial charge on any atom is 0.181 e. The van der Waals surface area contributed by atoms with Gasteiger partial charge in [0.15, 0.2) is 5.82 Å². The quantitative estimate of drug-likeness (QED) is 0.686.